The van der Waals surface area contributed by atoms with Crippen LogP contribution in [0.3, 0.4) is 0 Å². The summed E-state index contributed by atoms with van der Waals surface area (Å²) >= 11 is 0. The molecule has 5 heteroatoms. The molecule has 0 radical (unpaired) electrons. The lowest BCUT2D eigenvalue weighted by Gasteiger charge is -2.34. The van der Waals surface area contributed by atoms with Crippen LogP contribution in [0.2, 0.25) is 0 Å². The maximum Gasteiger partial charge on any atom is 0.243 e. The van der Waals surface area contributed by atoms with Crippen molar-refractivity contribution < 1.29 is 12.8 Å². The van der Waals surface area contributed by atoms with E-state index in [0.29, 0.717) is 13.0 Å². The van der Waals surface area contributed by atoms with E-state index in [0.717, 1.165) is 16.7 Å². The van der Waals surface area contributed by atoms with Gasteiger partial charge in [-0.1, -0.05) is 47.5 Å². The Bertz CT molecular complexity index is 800. The third-order valence-corrected chi connectivity index (χ3v) is 6.42. The van der Waals surface area contributed by atoms with Gasteiger partial charge in [-0.15, -0.1) is 0 Å². The lowest BCUT2D eigenvalue weighted by molar-refractivity contribution is 0.184. The Morgan fingerprint density at radius 1 is 0.917 bits per heavy atom. The van der Waals surface area contributed by atoms with Crippen LogP contribution in [0, 0.1) is 13.8 Å². The fourth-order valence-corrected chi connectivity index (χ4v) is 4.65. The van der Waals surface area contributed by atoms with Crippen LogP contribution >= 0.6 is 0 Å². The van der Waals surface area contributed by atoms with Crippen molar-refractivity contribution in [1.82, 2.24) is 4.31 Å². The number of halogens is 1. The largest absolute Gasteiger partial charge is 0.246 e. The van der Waals surface area contributed by atoms with E-state index in [2.05, 4.69) is 0 Å². The number of aryl methyl sites for hydroxylation is 2. The zero-order valence-electron chi connectivity index (χ0n) is 13.9. The second kappa shape index (κ2) is 6.65. The summed E-state index contributed by atoms with van der Waals surface area (Å²) in [5, 5.41) is 0. The molecule has 0 bridgehead atoms. The molecule has 1 saturated heterocycles. The third kappa shape index (κ3) is 3.52. The second-order valence-corrected chi connectivity index (χ2v) is 8.51. The van der Waals surface area contributed by atoms with E-state index in [1.807, 2.05) is 38.1 Å². The van der Waals surface area contributed by atoms with E-state index in [1.165, 1.54) is 4.31 Å². The Morgan fingerprint density at radius 3 is 2.04 bits per heavy atom. The van der Waals surface area contributed by atoms with Crippen LogP contribution in [0.4, 0.5) is 4.39 Å². The standard InChI is InChI=1S/C19H22FNO2S/c1-14-3-7-16(8-4-14)17-11-18(20)13-21(12-17)24(22,23)19-9-5-15(2)6-10-19/h3-10,17-18H,11-13H2,1-2H3/t17-,18+/m0/s1. The maximum atomic E-state index is 14.3. The molecule has 0 amide bonds. The van der Waals surface area contributed by atoms with Crippen molar-refractivity contribution in [3.8, 4) is 0 Å². The summed E-state index contributed by atoms with van der Waals surface area (Å²) in [6.07, 6.45) is -0.784. The molecular formula is C19H22FNO2S. The van der Waals surface area contributed by atoms with Crippen LogP contribution in [0.1, 0.15) is 29.0 Å². The smallest absolute Gasteiger partial charge is 0.243 e. The molecule has 128 valence electrons. The highest BCUT2D eigenvalue weighted by molar-refractivity contribution is 7.89. The summed E-state index contributed by atoms with van der Waals surface area (Å²) in [5.41, 5.74) is 3.12. The monoisotopic (exact) mass is 347 g/mol. The molecule has 2 atom stereocenters. The minimum atomic E-state index is -3.67. The van der Waals surface area contributed by atoms with Crippen molar-refractivity contribution >= 4 is 10.0 Å². The lowest BCUT2D eigenvalue weighted by Crippen LogP contribution is -2.44. The van der Waals surface area contributed by atoms with Gasteiger partial charge in [-0.25, -0.2) is 12.8 Å². The average molecular weight is 347 g/mol. The summed E-state index contributed by atoms with van der Waals surface area (Å²) in [6.45, 7) is 4.15. The molecule has 0 unspecified atom stereocenters. The number of alkyl halides is 1. The topological polar surface area (TPSA) is 37.4 Å². The minimum Gasteiger partial charge on any atom is -0.246 e. The number of hydrogen-bond acceptors (Lipinski definition) is 2. The Morgan fingerprint density at radius 2 is 1.46 bits per heavy atom. The summed E-state index contributed by atoms with van der Waals surface area (Å²) < 4.78 is 41.2. The van der Waals surface area contributed by atoms with Crippen molar-refractivity contribution in [2.75, 3.05) is 13.1 Å². The number of piperidine rings is 1. The molecule has 0 aromatic heterocycles. The molecule has 2 aromatic rings. The van der Waals surface area contributed by atoms with E-state index in [-0.39, 0.29) is 17.4 Å². The number of rotatable bonds is 3. The zero-order valence-corrected chi connectivity index (χ0v) is 14.8. The predicted molar refractivity (Wildman–Crippen MR) is 93.4 cm³/mol. The molecule has 0 spiro atoms. The molecule has 0 aliphatic carbocycles. The molecule has 1 fully saturated rings. The zero-order chi connectivity index (χ0) is 17.3. The molecule has 1 aliphatic heterocycles. The summed E-state index contributed by atoms with van der Waals surface area (Å²) in [6, 6.07) is 14.6. The molecular weight excluding hydrogens is 325 g/mol. The van der Waals surface area contributed by atoms with E-state index < -0.39 is 16.2 Å². The van der Waals surface area contributed by atoms with Gasteiger partial charge in [0, 0.05) is 19.0 Å². The first-order chi connectivity index (χ1) is 11.4. The first-order valence-electron chi connectivity index (χ1n) is 8.14. The molecule has 0 N–H and O–H groups in total. The number of nitrogens with zero attached hydrogens (tertiary/aromatic N) is 1. The fraction of sp³-hybridized carbons (Fsp3) is 0.368. The van der Waals surface area contributed by atoms with Gasteiger partial charge in [0.2, 0.25) is 10.0 Å². The first kappa shape index (κ1) is 17.1. The summed E-state index contributed by atoms with van der Waals surface area (Å²) in [4.78, 5) is 0.227. The van der Waals surface area contributed by atoms with Crippen LogP contribution in [-0.4, -0.2) is 32.0 Å². The van der Waals surface area contributed by atoms with Gasteiger partial charge < -0.3 is 0 Å². The first-order valence-corrected chi connectivity index (χ1v) is 9.58. The van der Waals surface area contributed by atoms with Gasteiger partial charge in [0.05, 0.1) is 4.90 Å². The highest BCUT2D eigenvalue weighted by Gasteiger charge is 2.35. The van der Waals surface area contributed by atoms with Crippen LogP contribution in [0.5, 0.6) is 0 Å². The van der Waals surface area contributed by atoms with E-state index in [1.54, 1.807) is 24.3 Å². The van der Waals surface area contributed by atoms with Crippen molar-refractivity contribution in [2.45, 2.75) is 37.3 Å². The highest BCUT2D eigenvalue weighted by Crippen LogP contribution is 2.32. The van der Waals surface area contributed by atoms with E-state index >= 15 is 0 Å². The van der Waals surface area contributed by atoms with Crippen LogP contribution < -0.4 is 0 Å². The Balaban J connectivity index is 1.87. The van der Waals surface area contributed by atoms with Gasteiger partial charge in [-0.05, 0) is 38.0 Å². The second-order valence-electron chi connectivity index (χ2n) is 6.58. The van der Waals surface area contributed by atoms with Crippen molar-refractivity contribution in [1.29, 1.82) is 0 Å². The normalized spacial score (nSPS) is 22.5. The van der Waals surface area contributed by atoms with Gasteiger partial charge in [-0.2, -0.15) is 4.31 Å². The molecule has 2 aromatic carbocycles. The number of benzene rings is 2. The Kier molecular flexibility index (Phi) is 4.74. The van der Waals surface area contributed by atoms with Gasteiger partial charge in [0.25, 0.3) is 0 Å². The van der Waals surface area contributed by atoms with Crippen molar-refractivity contribution in [2.24, 2.45) is 0 Å². The van der Waals surface area contributed by atoms with E-state index in [9.17, 15) is 12.8 Å². The average Bonchev–Trinajstić information content (AvgIpc) is 2.55. The van der Waals surface area contributed by atoms with Crippen LogP contribution in [0.25, 0.3) is 0 Å². The van der Waals surface area contributed by atoms with Crippen molar-refractivity contribution in [3.63, 3.8) is 0 Å². The molecule has 1 aliphatic rings. The fourth-order valence-electron chi connectivity index (χ4n) is 3.13. The van der Waals surface area contributed by atoms with E-state index in [4.69, 9.17) is 0 Å². The van der Waals surface area contributed by atoms with Gasteiger partial charge in [0.15, 0.2) is 0 Å². The van der Waals surface area contributed by atoms with Gasteiger partial charge in [0.1, 0.15) is 6.17 Å². The quantitative estimate of drug-likeness (QED) is 0.846. The molecule has 3 nitrogen and oxygen atoms in total. The van der Waals surface area contributed by atoms with Crippen LogP contribution in [-0.2, 0) is 10.0 Å². The van der Waals surface area contributed by atoms with Crippen molar-refractivity contribution in [3.05, 3.63) is 65.2 Å². The number of hydrogen-bond donors (Lipinski definition) is 0. The highest BCUT2D eigenvalue weighted by atomic mass is 32.2. The number of sulfonamides is 1. The molecule has 1 heterocycles. The Labute approximate surface area is 143 Å². The maximum absolute atomic E-state index is 14.3. The summed E-state index contributed by atoms with van der Waals surface area (Å²) in [5.74, 6) is -0.116. The van der Waals surface area contributed by atoms with Gasteiger partial charge in [-0.3, -0.25) is 0 Å². The molecule has 24 heavy (non-hydrogen) atoms. The predicted octanol–water partition coefficient (Wildman–Crippen LogP) is 3.82. The van der Waals surface area contributed by atoms with Gasteiger partial charge >= 0.3 is 0 Å². The minimum absolute atomic E-state index is 0.0709. The third-order valence-electron chi connectivity index (χ3n) is 4.57. The molecule has 0 saturated carbocycles. The summed E-state index contributed by atoms with van der Waals surface area (Å²) in [7, 11) is -3.67. The Hall–Kier alpha value is -1.72. The molecule has 3 rings (SSSR count). The van der Waals surface area contributed by atoms with Crippen LogP contribution in [0.15, 0.2) is 53.4 Å². The SMILES string of the molecule is Cc1ccc([C@H]2C[C@@H](F)CN(S(=O)(=O)c3ccc(C)cc3)C2)cc1. The lowest BCUT2D eigenvalue weighted by atomic mass is 9.90.